The van der Waals surface area contributed by atoms with Gasteiger partial charge in [0.15, 0.2) is 6.61 Å². The van der Waals surface area contributed by atoms with Gasteiger partial charge < -0.3 is 4.74 Å². The van der Waals surface area contributed by atoms with Crippen molar-refractivity contribution in [2.75, 3.05) is 6.61 Å². The van der Waals surface area contributed by atoms with Crippen LogP contribution < -0.4 is 0 Å². The Morgan fingerprint density at radius 1 is 1.41 bits per heavy atom. The van der Waals surface area contributed by atoms with Crippen molar-refractivity contribution in [2.24, 2.45) is 7.05 Å². The minimum atomic E-state index is -4.49. The first kappa shape index (κ1) is 13.5. The highest BCUT2D eigenvalue weighted by Gasteiger charge is 2.29. The molecule has 0 N–H and O–H groups in total. The Morgan fingerprint density at radius 2 is 2.00 bits per heavy atom. The second-order valence-corrected chi connectivity index (χ2v) is 3.73. The summed E-state index contributed by atoms with van der Waals surface area (Å²) in [6.45, 7) is 1.88. The number of esters is 1. The lowest BCUT2D eigenvalue weighted by molar-refractivity contribution is -0.185. The van der Waals surface area contributed by atoms with E-state index >= 15 is 0 Å². The lowest BCUT2D eigenvalue weighted by atomic mass is 10.1. The molecule has 1 aromatic heterocycles. The van der Waals surface area contributed by atoms with Crippen LogP contribution in [-0.2, 0) is 23.0 Å². The van der Waals surface area contributed by atoms with Crippen LogP contribution in [0, 0.1) is 13.8 Å². The van der Waals surface area contributed by atoms with Gasteiger partial charge in [0.2, 0.25) is 0 Å². The third-order valence-corrected chi connectivity index (χ3v) is 2.38. The predicted molar refractivity (Wildman–Crippen MR) is 53.4 cm³/mol. The van der Waals surface area contributed by atoms with Crippen LogP contribution in [0.15, 0.2) is 0 Å². The third kappa shape index (κ3) is 3.76. The van der Waals surface area contributed by atoms with Gasteiger partial charge in [0, 0.05) is 18.3 Å². The number of nitrogens with zero attached hydrogens (tertiary/aromatic N) is 2. The third-order valence-electron chi connectivity index (χ3n) is 2.38. The number of rotatable bonds is 3. The Morgan fingerprint density at radius 3 is 2.41 bits per heavy atom. The fourth-order valence-electron chi connectivity index (χ4n) is 1.43. The molecule has 0 saturated carbocycles. The minimum absolute atomic E-state index is 0.193. The first-order valence-electron chi connectivity index (χ1n) is 4.92. The molecular weight excluding hydrogens is 237 g/mol. The summed E-state index contributed by atoms with van der Waals surface area (Å²) in [5.41, 5.74) is 1.97. The molecule has 96 valence electrons. The van der Waals surface area contributed by atoms with E-state index in [4.69, 9.17) is 0 Å². The van der Waals surface area contributed by atoms with E-state index in [1.807, 2.05) is 0 Å². The normalized spacial score (nSPS) is 11.6. The standard InChI is InChI=1S/C10H13F3N2O2/c1-6-8(7(2)15(3)14-6)4-9(16)17-5-10(11,12)13/h4-5H2,1-3H3. The number of alkyl halides is 3. The maximum absolute atomic E-state index is 11.8. The molecule has 0 amide bonds. The van der Waals surface area contributed by atoms with Crippen LogP contribution in [0.3, 0.4) is 0 Å². The molecule has 7 heteroatoms. The van der Waals surface area contributed by atoms with E-state index in [2.05, 4.69) is 9.84 Å². The molecule has 0 spiro atoms. The molecule has 0 aliphatic heterocycles. The van der Waals surface area contributed by atoms with E-state index in [1.165, 1.54) is 0 Å². The van der Waals surface area contributed by atoms with Crippen molar-refractivity contribution < 1.29 is 22.7 Å². The van der Waals surface area contributed by atoms with Gasteiger partial charge >= 0.3 is 12.1 Å². The molecule has 0 bridgehead atoms. The van der Waals surface area contributed by atoms with Crippen LogP contribution in [0.2, 0.25) is 0 Å². The second kappa shape index (κ2) is 4.77. The number of halogens is 3. The number of hydrogen-bond donors (Lipinski definition) is 0. The van der Waals surface area contributed by atoms with Gasteiger partial charge in [0.05, 0.1) is 12.1 Å². The number of ether oxygens (including phenoxy) is 1. The fourth-order valence-corrected chi connectivity index (χ4v) is 1.43. The van der Waals surface area contributed by atoms with Gasteiger partial charge in [-0.1, -0.05) is 0 Å². The largest absolute Gasteiger partial charge is 0.456 e. The minimum Gasteiger partial charge on any atom is -0.456 e. The first-order chi connectivity index (χ1) is 7.70. The Kier molecular flexibility index (Phi) is 3.79. The van der Waals surface area contributed by atoms with Gasteiger partial charge in [-0.3, -0.25) is 9.48 Å². The summed E-state index contributed by atoms with van der Waals surface area (Å²) in [6.07, 6.45) is -4.68. The molecule has 0 unspecified atom stereocenters. The number of hydrogen-bond acceptors (Lipinski definition) is 3. The summed E-state index contributed by atoms with van der Waals surface area (Å²) in [7, 11) is 1.70. The molecule has 17 heavy (non-hydrogen) atoms. The molecular formula is C10H13F3N2O2. The molecule has 1 rings (SSSR count). The zero-order valence-electron chi connectivity index (χ0n) is 9.76. The topological polar surface area (TPSA) is 44.1 Å². The molecule has 1 aromatic rings. The molecule has 0 fully saturated rings. The highest BCUT2D eigenvalue weighted by molar-refractivity contribution is 5.73. The maximum atomic E-state index is 11.8. The van der Waals surface area contributed by atoms with Crippen molar-refractivity contribution >= 4 is 5.97 Å². The van der Waals surface area contributed by atoms with E-state index in [9.17, 15) is 18.0 Å². The monoisotopic (exact) mass is 250 g/mol. The van der Waals surface area contributed by atoms with E-state index < -0.39 is 18.8 Å². The second-order valence-electron chi connectivity index (χ2n) is 3.73. The summed E-state index contributed by atoms with van der Waals surface area (Å²) >= 11 is 0. The quantitative estimate of drug-likeness (QED) is 0.767. The molecule has 0 aliphatic rings. The van der Waals surface area contributed by atoms with Gasteiger partial charge in [-0.2, -0.15) is 18.3 Å². The highest BCUT2D eigenvalue weighted by Crippen LogP contribution is 2.16. The summed E-state index contributed by atoms with van der Waals surface area (Å²) in [5, 5.41) is 4.06. The van der Waals surface area contributed by atoms with Crippen molar-refractivity contribution in [1.82, 2.24) is 9.78 Å². The van der Waals surface area contributed by atoms with Gasteiger partial charge in [-0.15, -0.1) is 0 Å². The summed E-state index contributed by atoms with van der Waals surface area (Å²) in [4.78, 5) is 11.2. The molecule has 0 atom stereocenters. The molecule has 0 aromatic carbocycles. The van der Waals surface area contributed by atoms with Gasteiger partial charge in [0.25, 0.3) is 0 Å². The zero-order chi connectivity index (χ0) is 13.2. The van der Waals surface area contributed by atoms with Crippen molar-refractivity contribution in [3.8, 4) is 0 Å². The Labute approximate surface area is 96.4 Å². The van der Waals surface area contributed by atoms with Crippen molar-refractivity contribution in [1.29, 1.82) is 0 Å². The predicted octanol–water partition coefficient (Wildman–Crippen LogP) is 1.68. The molecule has 1 heterocycles. The fraction of sp³-hybridized carbons (Fsp3) is 0.600. The Balaban J connectivity index is 2.63. The average molecular weight is 250 g/mol. The lowest BCUT2D eigenvalue weighted by Gasteiger charge is -2.07. The molecule has 4 nitrogen and oxygen atoms in total. The number of aryl methyl sites for hydroxylation is 2. The van der Waals surface area contributed by atoms with Crippen LogP contribution in [-0.4, -0.2) is 28.5 Å². The first-order valence-corrected chi connectivity index (χ1v) is 4.92. The van der Waals surface area contributed by atoms with Gasteiger partial charge in [-0.05, 0) is 13.8 Å². The lowest BCUT2D eigenvalue weighted by Crippen LogP contribution is -2.21. The van der Waals surface area contributed by atoms with E-state index in [0.717, 1.165) is 5.69 Å². The summed E-state index contributed by atoms with van der Waals surface area (Å²) < 4.78 is 41.2. The van der Waals surface area contributed by atoms with Gasteiger partial charge in [-0.25, -0.2) is 0 Å². The molecule has 0 aliphatic carbocycles. The van der Waals surface area contributed by atoms with Crippen LogP contribution in [0.25, 0.3) is 0 Å². The van der Waals surface area contributed by atoms with Gasteiger partial charge in [0.1, 0.15) is 0 Å². The average Bonchev–Trinajstić information content (AvgIpc) is 2.41. The smallest absolute Gasteiger partial charge is 0.422 e. The number of aromatic nitrogens is 2. The van der Waals surface area contributed by atoms with E-state index in [-0.39, 0.29) is 6.42 Å². The van der Waals surface area contributed by atoms with Crippen molar-refractivity contribution in [3.63, 3.8) is 0 Å². The maximum Gasteiger partial charge on any atom is 0.422 e. The van der Waals surface area contributed by atoms with Crippen LogP contribution in [0.4, 0.5) is 13.2 Å². The number of carbonyl (C=O) groups is 1. The Hall–Kier alpha value is -1.53. The molecule has 0 radical (unpaired) electrons. The van der Waals surface area contributed by atoms with Crippen LogP contribution in [0.5, 0.6) is 0 Å². The number of carbonyl (C=O) groups excluding carboxylic acids is 1. The van der Waals surface area contributed by atoms with Crippen molar-refractivity contribution in [3.05, 3.63) is 17.0 Å². The van der Waals surface area contributed by atoms with E-state index in [1.54, 1.807) is 25.6 Å². The van der Waals surface area contributed by atoms with Crippen molar-refractivity contribution in [2.45, 2.75) is 26.4 Å². The zero-order valence-corrected chi connectivity index (χ0v) is 9.76. The van der Waals surface area contributed by atoms with Crippen LogP contribution >= 0.6 is 0 Å². The molecule has 0 saturated heterocycles. The summed E-state index contributed by atoms with van der Waals surface area (Å²) in [6, 6.07) is 0. The summed E-state index contributed by atoms with van der Waals surface area (Å²) in [5.74, 6) is -0.901. The Bertz CT molecular complexity index is 424. The highest BCUT2D eigenvalue weighted by atomic mass is 19.4. The SMILES string of the molecule is Cc1nn(C)c(C)c1CC(=O)OCC(F)(F)F. The van der Waals surface area contributed by atoms with E-state index in [0.29, 0.717) is 11.3 Å². The van der Waals surface area contributed by atoms with Crippen LogP contribution in [0.1, 0.15) is 17.0 Å².